The van der Waals surface area contributed by atoms with Crippen molar-refractivity contribution in [1.82, 2.24) is 0 Å². The summed E-state index contributed by atoms with van der Waals surface area (Å²) in [5, 5.41) is 12.1. The Bertz CT molecular complexity index is 444. The summed E-state index contributed by atoms with van der Waals surface area (Å²) in [6.45, 7) is 1.40. The van der Waals surface area contributed by atoms with Crippen LogP contribution in [0.1, 0.15) is 36.0 Å². The highest BCUT2D eigenvalue weighted by Gasteiger charge is 2.14. The third-order valence-electron chi connectivity index (χ3n) is 3.29. The van der Waals surface area contributed by atoms with Crippen molar-refractivity contribution in [3.63, 3.8) is 0 Å². The number of benzene rings is 1. The highest BCUT2D eigenvalue weighted by atomic mass is 79.9. The van der Waals surface area contributed by atoms with E-state index >= 15 is 0 Å². The Morgan fingerprint density at radius 2 is 2.16 bits per heavy atom. The second-order valence-corrected chi connectivity index (χ2v) is 5.56. The van der Waals surface area contributed by atoms with Gasteiger partial charge >= 0.3 is 5.97 Å². The Morgan fingerprint density at radius 1 is 1.42 bits per heavy atom. The summed E-state index contributed by atoms with van der Waals surface area (Å²) >= 11 is 3.37. The van der Waals surface area contributed by atoms with Crippen LogP contribution >= 0.6 is 15.9 Å². The van der Waals surface area contributed by atoms with E-state index < -0.39 is 5.97 Å². The summed E-state index contributed by atoms with van der Waals surface area (Å²) in [6, 6.07) is 4.96. The minimum Gasteiger partial charge on any atom is -0.478 e. The first-order chi connectivity index (χ1) is 9.16. The van der Waals surface area contributed by atoms with Crippen LogP contribution in [0.25, 0.3) is 0 Å². The molecule has 0 saturated heterocycles. The molecule has 19 heavy (non-hydrogen) atoms. The highest BCUT2D eigenvalue weighted by Crippen LogP contribution is 2.24. The van der Waals surface area contributed by atoms with Crippen LogP contribution in [-0.2, 0) is 4.74 Å². The van der Waals surface area contributed by atoms with Crippen molar-refractivity contribution in [1.29, 1.82) is 0 Å². The lowest BCUT2D eigenvalue weighted by Gasteiger charge is -2.13. The molecule has 0 radical (unpaired) electrons. The molecule has 0 aromatic heterocycles. The molecule has 1 saturated carbocycles. The molecule has 5 heteroatoms. The zero-order valence-corrected chi connectivity index (χ0v) is 12.3. The lowest BCUT2D eigenvalue weighted by molar-refractivity contribution is 0.0658. The third-order valence-corrected chi connectivity index (χ3v) is 3.95. The van der Waals surface area contributed by atoms with E-state index in [4.69, 9.17) is 9.84 Å². The number of hydrogen-bond acceptors (Lipinski definition) is 3. The van der Waals surface area contributed by atoms with Gasteiger partial charge in [0, 0.05) is 16.7 Å². The van der Waals surface area contributed by atoms with Gasteiger partial charge in [0.25, 0.3) is 0 Å². The molecular formula is C14H18BrNO3. The molecule has 1 aliphatic rings. The van der Waals surface area contributed by atoms with Crippen LogP contribution < -0.4 is 5.32 Å². The SMILES string of the molecule is O=C(O)c1ccc(NCCOC2CCCC2)c(Br)c1. The average Bonchev–Trinajstić information content (AvgIpc) is 2.89. The van der Waals surface area contributed by atoms with Crippen LogP contribution in [0.5, 0.6) is 0 Å². The zero-order chi connectivity index (χ0) is 13.7. The van der Waals surface area contributed by atoms with E-state index in [0.717, 1.165) is 16.7 Å². The van der Waals surface area contributed by atoms with Gasteiger partial charge in [0.2, 0.25) is 0 Å². The van der Waals surface area contributed by atoms with Gasteiger partial charge in [-0.1, -0.05) is 12.8 Å². The molecule has 1 aliphatic carbocycles. The van der Waals surface area contributed by atoms with Crippen LogP contribution in [0.15, 0.2) is 22.7 Å². The molecule has 1 aromatic carbocycles. The summed E-state index contributed by atoms with van der Waals surface area (Å²) in [5.74, 6) is -0.920. The largest absolute Gasteiger partial charge is 0.478 e. The number of ether oxygens (including phenoxy) is 1. The number of rotatable bonds is 6. The van der Waals surface area contributed by atoms with E-state index in [1.54, 1.807) is 18.2 Å². The zero-order valence-electron chi connectivity index (χ0n) is 10.7. The molecule has 2 N–H and O–H groups in total. The summed E-state index contributed by atoms with van der Waals surface area (Å²) in [6.07, 6.45) is 5.34. The second kappa shape index (κ2) is 6.91. The van der Waals surface area contributed by atoms with Gasteiger partial charge in [-0.2, -0.15) is 0 Å². The molecule has 0 heterocycles. The van der Waals surface area contributed by atoms with Crippen molar-refractivity contribution in [2.45, 2.75) is 31.8 Å². The predicted molar refractivity (Wildman–Crippen MR) is 77.8 cm³/mol. The van der Waals surface area contributed by atoms with Crippen molar-refractivity contribution in [2.75, 3.05) is 18.5 Å². The van der Waals surface area contributed by atoms with Gasteiger partial charge in [-0.25, -0.2) is 4.79 Å². The van der Waals surface area contributed by atoms with E-state index in [1.165, 1.54) is 25.7 Å². The fourth-order valence-electron chi connectivity index (χ4n) is 2.26. The quantitative estimate of drug-likeness (QED) is 0.785. The molecule has 0 amide bonds. The first kappa shape index (κ1) is 14.3. The number of hydrogen-bond donors (Lipinski definition) is 2. The van der Waals surface area contributed by atoms with Crippen molar-refractivity contribution < 1.29 is 14.6 Å². The lowest BCUT2D eigenvalue weighted by atomic mass is 10.2. The van der Waals surface area contributed by atoms with Gasteiger partial charge in [-0.05, 0) is 47.0 Å². The maximum atomic E-state index is 10.8. The van der Waals surface area contributed by atoms with E-state index in [2.05, 4.69) is 21.2 Å². The van der Waals surface area contributed by atoms with Crippen molar-refractivity contribution in [3.8, 4) is 0 Å². The Kier molecular flexibility index (Phi) is 5.22. The Labute approximate surface area is 121 Å². The lowest BCUT2D eigenvalue weighted by Crippen LogP contribution is -2.15. The molecule has 1 fully saturated rings. The fourth-order valence-corrected chi connectivity index (χ4v) is 2.78. The van der Waals surface area contributed by atoms with Crippen LogP contribution in [0.3, 0.4) is 0 Å². The minimum absolute atomic E-state index is 0.277. The molecule has 0 atom stereocenters. The van der Waals surface area contributed by atoms with Crippen molar-refractivity contribution >= 4 is 27.6 Å². The predicted octanol–water partition coefficient (Wildman–Crippen LogP) is 3.52. The van der Waals surface area contributed by atoms with E-state index in [-0.39, 0.29) is 5.56 Å². The Morgan fingerprint density at radius 3 is 2.79 bits per heavy atom. The first-order valence-electron chi connectivity index (χ1n) is 6.55. The normalized spacial score (nSPS) is 15.6. The fraction of sp³-hybridized carbons (Fsp3) is 0.500. The smallest absolute Gasteiger partial charge is 0.335 e. The number of carboxylic acid groups (broad SMARTS) is 1. The first-order valence-corrected chi connectivity index (χ1v) is 7.34. The summed E-state index contributed by atoms with van der Waals surface area (Å²) in [7, 11) is 0. The molecule has 0 spiro atoms. The van der Waals surface area contributed by atoms with E-state index in [9.17, 15) is 4.79 Å². The van der Waals surface area contributed by atoms with Crippen molar-refractivity contribution in [3.05, 3.63) is 28.2 Å². The van der Waals surface area contributed by atoms with Gasteiger partial charge in [0.05, 0.1) is 18.3 Å². The monoisotopic (exact) mass is 327 g/mol. The van der Waals surface area contributed by atoms with Gasteiger partial charge < -0.3 is 15.2 Å². The second-order valence-electron chi connectivity index (χ2n) is 4.70. The summed E-state index contributed by atoms with van der Waals surface area (Å²) < 4.78 is 6.51. The van der Waals surface area contributed by atoms with Gasteiger partial charge in [-0.3, -0.25) is 0 Å². The topological polar surface area (TPSA) is 58.6 Å². The number of aromatic carboxylic acids is 1. The van der Waals surface area contributed by atoms with E-state index in [1.807, 2.05) is 0 Å². The van der Waals surface area contributed by atoms with E-state index in [0.29, 0.717) is 12.7 Å². The number of halogens is 1. The maximum Gasteiger partial charge on any atom is 0.335 e. The minimum atomic E-state index is -0.920. The van der Waals surface area contributed by atoms with Crippen LogP contribution in [0.2, 0.25) is 0 Å². The third kappa shape index (κ3) is 4.21. The van der Waals surface area contributed by atoms with Gasteiger partial charge in [0.15, 0.2) is 0 Å². The Balaban J connectivity index is 1.77. The number of carbonyl (C=O) groups is 1. The molecule has 104 valence electrons. The molecule has 0 unspecified atom stereocenters. The maximum absolute atomic E-state index is 10.8. The molecule has 1 aromatic rings. The number of carboxylic acids is 1. The summed E-state index contributed by atoms with van der Waals surface area (Å²) in [5.41, 5.74) is 1.17. The molecule has 2 rings (SSSR count). The molecular weight excluding hydrogens is 310 g/mol. The van der Waals surface area contributed by atoms with Crippen LogP contribution in [0, 0.1) is 0 Å². The Hall–Kier alpha value is -1.07. The van der Waals surface area contributed by atoms with Gasteiger partial charge in [-0.15, -0.1) is 0 Å². The van der Waals surface area contributed by atoms with Crippen LogP contribution in [0.4, 0.5) is 5.69 Å². The van der Waals surface area contributed by atoms with Crippen molar-refractivity contribution in [2.24, 2.45) is 0 Å². The number of anilines is 1. The number of nitrogens with one attached hydrogen (secondary N) is 1. The average molecular weight is 328 g/mol. The molecule has 0 aliphatic heterocycles. The molecule has 4 nitrogen and oxygen atoms in total. The molecule has 0 bridgehead atoms. The highest BCUT2D eigenvalue weighted by molar-refractivity contribution is 9.10. The summed E-state index contributed by atoms with van der Waals surface area (Å²) in [4.78, 5) is 10.8. The van der Waals surface area contributed by atoms with Crippen LogP contribution in [-0.4, -0.2) is 30.3 Å². The van der Waals surface area contributed by atoms with Gasteiger partial charge in [0.1, 0.15) is 0 Å². The standard InChI is InChI=1S/C14H18BrNO3/c15-12-9-10(14(17)18)5-6-13(12)16-7-8-19-11-3-1-2-4-11/h5-6,9,11,16H,1-4,7-8H2,(H,17,18).